The van der Waals surface area contributed by atoms with E-state index in [1.807, 2.05) is 41.3 Å². The molecule has 0 radical (unpaired) electrons. The topological polar surface area (TPSA) is 113 Å². The lowest BCUT2D eigenvalue weighted by atomic mass is 10.1. The second kappa shape index (κ2) is 14.2. The van der Waals surface area contributed by atoms with Crippen LogP contribution in [-0.2, 0) is 11.1 Å². The lowest BCUT2D eigenvalue weighted by Gasteiger charge is -2.36. The van der Waals surface area contributed by atoms with E-state index in [0.29, 0.717) is 50.0 Å². The van der Waals surface area contributed by atoms with Gasteiger partial charge in [0.2, 0.25) is 5.95 Å². The zero-order chi connectivity index (χ0) is 31.3. The number of aromatic nitrogens is 3. The van der Waals surface area contributed by atoms with Gasteiger partial charge in [-0.2, -0.15) is 0 Å². The van der Waals surface area contributed by atoms with Crippen LogP contribution in [0.4, 0.5) is 26.8 Å². The van der Waals surface area contributed by atoms with Crippen LogP contribution in [0.5, 0.6) is 5.75 Å². The van der Waals surface area contributed by atoms with Crippen LogP contribution in [0, 0.1) is 5.82 Å². The molecule has 45 heavy (non-hydrogen) atoms. The molecule has 11 nitrogen and oxygen atoms in total. The normalized spacial score (nSPS) is 17.0. The van der Waals surface area contributed by atoms with Crippen molar-refractivity contribution in [3.63, 3.8) is 0 Å². The van der Waals surface area contributed by atoms with Crippen LogP contribution in [0.2, 0.25) is 0 Å². The van der Waals surface area contributed by atoms with E-state index in [-0.39, 0.29) is 11.6 Å². The molecule has 6 rings (SSSR count). The van der Waals surface area contributed by atoms with Crippen LogP contribution < -0.4 is 19.9 Å². The number of likely N-dealkylation sites (N-methyl/N-ethyl adjacent to an activating group) is 1. The molecule has 1 unspecified atom stereocenters. The molecule has 0 aliphatic carbocycles. The summed E-state index contributed by atoms with van der Waals surface area (Å²) in [5.74, 6) is 0.878. The largest absolute Gasteiger partial charge is 0.772 e. The highest BCUT2D eigenvalue weighted by molar-refractivity contribution is 7.79. The molecule has 2 aliphatic heterocycles. The first-order valence-corrected chi connectivity index (χ1v) is 16.9. The summed E-state index contributed by atoms with van der Waals surface area (Å²) >= 11 is -0.447. The first-order valence-electron chi connectivity index (χ1n) is 14.9. The maximum Gasteiger partial charge on any atom is 0.227 e. The third-order valence-electron chi connectivity index (χ3n) is 8.11. The number of hydrogen-bond donors (Lipinski definition) is 1. The van der Waals surface area contributed by atoms with Crippen LogP contribution in [0.1, 0.15) is 0 Å². The molecule has 0 bridgehead atoms. The highest BCUT2D eigenvalue weighted by atomic mass is 32.2. The Morgan fingerprint density at radius 2 is 1.78 bits per heavy atom. The quantitative estimate of drug-likeness (QED) is 0.252. The Hall–Kier alpha value is -3.69. The van der Waals surface area contributed by atoms with Crippen molar-refractivity contribution in [1.82, 2.24) is 24.8 Å². The predicted molar refractivity (Wildman–Crippen MR) is 177 cm³/mol. The van der Waals surface area contributed by atoms with Gasteiger partial charge in [-0.25, -0.2) is 19.3 Å². The van der Waals surface area contributed by atoms with Crippen molar-refractivity contribution in [2.75, 3.05) is 93.9 Å². The summed E-state index contributed by atoms with van der Waals surface area (Å²) in [5.41, 5.74) is 3.55. The Kier molecular flexibility index (Phi) is 9.85. The van der Waals surface area contributed by atoms with Crippen LogP contribution in [-0.4, -0.2) is 112 Å². The van der Waals surface area contributed by atoms with Gasteiger partial charge in [-0.1, -0.05) is 34.5 Å². The number of piperazine rings is 2. The third-order valence-corrected chi connectivity index (χ3v) is 9.77. The van der Waals surface area contributed by atoms with E-state index in [1.54, 1.807) is 30.7 Å². The highest BCUT2D eigenvalue weighted by Crippen LogP contribution is 2.41. The Bertz CT molecular complexity index is 1640. The molecule has 2 aliphatic rings. The zero-order valence-corrected chi connectivity index (χ0v) is 26.9. The standard InChI is InChI=1S/C31H37FN8O3S2/c1-37-10-14-40(15-11-37)31-36-28(22-4-3-5-24(20-22)43-2)29(44-31)26-8-9-33-30(35-26)34-23-6-7-27(25(32)21-23)39-16-12-38(13-17-39)18-19-45(41)42/h3-9,20-21H,10-19H2,1-2H3,(H,41,42)(H,33,34,35)/p-1. The van der Waals surface area contributed by atoms with E-state index in [0.717, 1.165) is 58.9 Å². The molecule has 2 saturated heterocycles. The van der Waals surface area contributed by atoms with E-state index in [1.165, 1.54) is 6.07 Å². The number of benzene rings is 2. The second-order valence-electron chi connectivity index (χ2n) is 11.1. The number of nitrogens with zero attached hydrogens (tertiary/aromatic N) is 7. The zero-order valence-electron chi connectivity index (χ0n) is 25.3. The summed E-state index contributed by atoms with van der Waals surface area (Å²) in [6.45, 7) is 6.86. The number of nitrogens with one attached hydrogen (secondary N) is 1. The van der Waals surface area contributed by atoms with Gasteiger partial charge in [0.15, 0.2) is 5.13 Å². The Labute approximate surface area is 269 Å². The average molecular weight is 652 g/mol. The SMILES string of the molecule is COc1cccc(-c2nc(N3CCN(C)CC3)sc2-c2ccnc(Nc3ccc(N4CCN(CCS(=O)[O-])CC4)c(F)c3)n2)c1. The molecule has 238 valence electrons. The summed E-state index contributed by atoms with van der Waals surface area (Å²) in [6.07, 6.45) is 1.70. The maximum atomic E-state index is 15.3. The molecule has 0 spiro atoms. The lowest BCUT2D eigenvalue weighted by Crippen LogP contribution is -2.47. The number of ether oxygens (including phenoxy) is 1. The van der Waals surface area contributed by atoms with Gasteiger partial charge < -0.3 is 29.3 Å². The first-order chi connectivity index (χ1) is 21.9. The van der Waals surface area contributed by atoms with Crippen LogP contribution in [0.15, 0.2) is 54.7 Å². The van der Waals surface area contributed by atoms with Gasteiger partial charge in [0.05, 0.1) is 29.1 Å². The maximum absolute atomic E-state index is 15.3. The Balaban J connectivity index is 1.21. The molecule has 2 aromatic heterocycles. The van der Waals surface area contributed by atoms with Crippen molar-refractivity contribution in [1.29, 1.82) is 0 Å². The van der Waals surface area contributed by atoms with Gasteiger partial charge in [-0.05, 0) is 43.4 Å². The average Bonchev–Trinajstić information content (AvgIpc) is 3.50. The van der Waals surface area contributed by atoms with Crippen molar-refractivity contribution in [2.24, 2.45) is 0 Å². The summed E-state index contributed by atoms with van der Waals surface area (Å²) < 4.78 is 42.5. The number of hydrogen-bond acceptors (Lipinski definition) is 12. The smallest absolute Gasteiger partial charge is 0.227 e. The van der Waals surface area contributed by atoms with Gasteiger partial charge in [0.25, 0.3) is 0 Å². The molecular weight excluding hydrogens is 616 g/mol. The van der Waals surface area contributed by atoms with Crippen molar-refractivity contribution < 1.29 is 17.9 Å². The molecule has 0 amide bonds. The predicted octanol–water partition coefficient (Wildman–Crippen LogP) is 3.91. The minimum Gasteiger partial charge on any atom is -0.772 e. The minimum atomic E-state index is -2.05. The molecule has 1 atom stereocenters. The number of anilines is 4. The van der Waals surface area contributed by atoms with Crippen molar-refractivity contribution in [3.05, 3.63) is 60.5 Å². The van der Waals surface area contributed by atoms with Crippen molar-refractivity contribution >= 4 is 44.9 Å². The van der Waals surface area contributed by atoms with Gasteiger partial charge in [-0.3, -0.25) is 9.11 Å². The molecule has 4 heterocycles. The van der Waals surface area contributed by atoms with Crippen LogP contribution in [0.3, 0.4) is 0 Å². The fourth-order valence-electron chi connectivity index (χ4n) is 5.51. The number of methoxy groups -OCH3 is 1. The van der Waals surface area contributed by atoms with E-state index in [4.69, 9.17) is 14.7 Å². The fraction of sp³-hybridized carbons (Fsp3) is 0.387. The molecule has 2 aromatic carbocycles. The molecule has 1 N–H and O–H groups in total. The molecule has 14 heteroatoms. The fourth-order valence-corrected chi connectivity index (χ4v) is 7.03. The van der Waals surface area contributed by atoms with E-state index >= 15 is 4.39 Å². The summed E-state index contributed by atoms with van der Waals surface area (Å²) in [5, 5.41) is 4.12. The van der Waals surface area contributed by atoms with Gasteiger partial charge >= 0.3 is 0 Å². The third kappa shape index (κ3) is 7.59. The van der Waals surface area contributed by atoms with Crippen LogP contribution in [0.25, 0.3) is 21.8 Å². The molecule has 2 fully saturated rings. The minimum absolute atomic E-state index is 0.112. The van der Waals surface area contributed by atoms with Gasteiger partial charge in [-0.15, -0.1) is 0 Å². The Morgan fingerprint density at radius 1 is 1.00 bits per heavy atom. The lowest BCUT2D eigenvalue weighted by molar-refractivity contribution is 0.270. The number of thiazole rings is 1. The van der Waals surface area contributed by atoms with Crippen LogP contribution >= 0.6 is 11.3 Å². The van der Waals surface area contributed by atoms with E-state index in [9.17, 15) is 8.76 Å². The van der Waals surface area contributed by atoms with Gasteiger partial charge in [0.1, 0.15) is 11.6 Å². The van der Waals surface area contributed by atoms with Crippen molar-refractivity contribution in [3.8, 4) is 27.6 Å². The summed E-state index contributed by atoms with van der Waals surface area (Å²) in [4.78, 5) is 24.0. The van der Waals surface area contributed by atoms with Crippen molar-refractivity contribution in [2.45, 2.75) is 0 Å². The second-order valence-corrected chi connectivity index (χ2v) is 13.1. The Morgan fingerprint density at radius 3 is 2.51 bits per heavy atom. The summed E-state index contributed by atoms with van der Waals surface area (Å²) in [7, 11) is 3.78. The number of rotatable bonds is 10. The highest BCUT2D eigenvalue weighted by Gasteiger charge is 2.23. The van der Waals surface area contributed by atoms with E-state index in [2.05, 4.69) is 32.0 Å². The summed E-state index contributed by atoms with van der Waals surface area (Å²) in [6, 6.07) is 14.8. The molecule has 0 saturated carbocycles. The first kappa shape index (κ1) is 31.3. The van der Waals surface area contributed by atoms with E-state index < -0.39 is 11.1 Å². The monoisotopic (exact) mass is 651 g/mol. The molecular formula is C31H36FN8O3S2-. The number of halogens is 1. The van der Waals surface area contributed by atoms with Gasteiger partial charge in [0, 0.05) is 82.1 Å². The molecule has 4 aromatic rings.